The van der Waals surface area contributed by atoms with Crippen molar-refractivity contribution in [2.24, 2.45) is 0 Å². The van der Waals surface area contributed by atoms with Crippen molar-refractivity contribution in [3.8, 4) is 5.75 Å². The number of anilines is 1. The predicted molar refractivity (Wildman–Crippen MR) is 67.0 cm³/mol. The zero-order valence-electron chi connectivity index (χ0n) is 9.70. The fraction of sp³-hybridized carbons (Fsp3) is 0.455. The SMILES string of the molecule is CCN(CCCS(=O)(=O)O)c1cccc(O)c1. The van der Waals surface area contributed by atoms with E-state index in [1.54, 1.807) is 18.2 Å². The van der Waals surface area contributed by atoms with Crippen LogP contribution < -0.4 is 4.90 Å². The molecule has 5 nitrogen and oxygen atoms in total. The van der Waals surface area contributed by atoms with E-state index in [0.717, 1.165) is 5.69 Å². The molecule has 0 radical (unpaired) electrons. The number of benzene rings is 1. The van der Waals surface area contributed by atoms with E-state index < -0.39 is 10.1 Å². The van der Waals surface area contributed by atoms with E-state index in [9.17, 15) is 13.5 Å². The molecule has 96 valence electrons. The van der Waals surface area contributed by atoms with Gasteiger partial charge in [-0.05, 0) is 25.5 Å². The van der Waals surface area contributed by atoms with Crippen molar-refractivity contribution in [2.75, 3.05) is 23.7 Å². The molecule has 0 saturated heterocycles. The largest absolute Gasteiger partial charge is 0.508 e. The van der Waals surface area contributed by atoms with Gasteiger partial charge in [-0.1, -0.05) is 6.07 Å². The lowest BCUT2D eigenvalue weighted by Gasteiger charge is -2.22. The zero-order valence-corrected chi connectivity index (χ0v) is 10.5. The van der Waals surface area contributed by atoms with Crippen LogP contribution in [0, 0.1) is 0 Å². The average Bonchev–Trinajstić information content (AvgIpc) is 2.23. The monoisotopic (exact) mass is 259 g/mol. The molecule has 0 aromatic heterocycles. The first-order valence-electron chi connectivity index (χ1n) is 5.41. The lowest BCUT2D eigenvalue weighted by molar-refractivity contribution is 0.474. The topological polar surface area (TPSA) is 77.8 Å². The van der Waals surface area contributed by atoms with Crippen molar-refractivity contribution in [2.45, 2.75) is 13.3 Å². The Morgan fingerprint density at radius 1 is 1.35 bits per heavy atom. The van der Waals surface area contributed by atoms with Gasteiger partial charge >= 0.3 is 0 Å². The summed E-state index contributed by atoms with van der Waals surface area (Å²) in [5, 5.41) is 9.35. The van der Waals surface area contributed by atoms with Crippen molar-refractivity contribution in [3.63, 3.8) is 0 Å². The molecule has 0 spiro atoms. The summed E-state index contributed by atoms with van der Waals surface area (Å²) in [5.74, 6) is -0.0711. The molecule has 0 atom stereocenters. The van der Waals surface area contributed by atoms with Gasteiger partial charge in [-0.25, -0.2) is 0 Å². The van der Waals surface area contributed by atoms with Crippen molar-refractivity contribution < 1.29 is 18.1 Å². The van der Waals surface area contributed by atoms with E-state index >= 15 is 0 Å². The molecule has 0 saturated carbocycles. The number of phenols is 1. The van der Waals surface area contributed by atoms with Crippen molar-refractivity contribution >= 4 is 15.8 Å². The molecule has 0 heterocycles. The highest BCUT2D eigenvalue weighted by molar-refractivity contribution is 7.85. The molecule has 0 unspecified atom stereocenters. The maximum Gasteiger partial charge on any atom is 0.264 e. The van der Waals surface area contributed by atoms with Gasteiger partial charge in [0.1, 0.15) is 5.75 Å². The molecule has 1 aromatic rings. The zero-order chi connectivity index (χ0) is 12.9. The van der Waals surface area contributed by atoms with Crippen molar-refractivity contribution in [1.29, 1.82) is 0 Å². The van der Waals surface area contributed by atoms with Crippen LogP contribution in [0.1, 0.15) is 13.3 Å². The number of rotatable bonds is 6. The molecular formula is C11H17NO4S. The van der Waals surface area contributed by atoms with E-state index in [1.165, 1.54) is 0 Å². The molecule has 17 heavy (non-hydrogen) atoms. The normalized spacial score (nSPS) is 11.4. The summed E-state index contributed by atoms with van der Waals surface area (Å²) in [6, 6.07) is 6.78. The highest BCUT2D eigenvalue weighted by Crippen LogP contribution is 2.19. The van der Waals surface area contributed by atoms with Gasteiger partial charge in [0.15, 0.2) is 0 Å². The Hall–Kier alpha value is -1.27. The van der Waals surface area contributed by atoms with E-state index in [2.05, 4.69) is 0 Å². The number of aromatic hydroxyl groups is 1. The minimum Gasteiger partial charge on any atom is -0.508 e. The first-order valence-corrected chi connectivity index (χ1v) is 7.02. The van der Waals surface area contributed by atoms with E-state index in [4.69, 9.17) is 4.55 Å². The third-order valence-corrected chi connectivity index (χ3v) is 3.21. The van der Waals surface area contributed by atoms with Crippen molar-refractivity contribution in [3.05, 3.63) is 24.3 Å². The van der Waals surface area contributed by atoms with Crippen LogP contribution in [0.3, 0.4) is 0 Å². The Labute approximate surface area is 101 Å². The second-order valence-electron chi connectivity index (χ2n) is 3.74. The van der Waals surface area contributed by atoms with Gasteiger partial charge in [0.25, 0.3) is 10.1 Å². The lowest BCUT2D eigenvalue weighted by atomic mass is 10.2. The third kappa shape index (κ3) is 5.06. The lowest BCUT2D eigenvalue weighted by Crippen LogP contribution is -2.25. The first kappa shape index (κ1) is 13.8. The summed E-state index contributed by atoms with van der Waals surface area (Å²) in [7, 11) is -3.89. The van der Waals surface area contributed by atoms with Crippen LogP contribution >= 0.6 is 0 Å². The van der Waals surface area contributed by atoms with Crippen LogP contribution in [0.4, 0.5) is 5.69 Å². The van der Waals surface area contributed by atoms with E-state index in [1.807, 2.05) is 17.9 Å². The van der Waals surface area contributed by atoms with Crippen LogP contribution in [-0.2, 0) is 10.1 Å². The smallest absolute Gasteiger partial charge is 0.264 e. The molecule has 2 N–H and O–H groups in total. The molecule has 6 heteroatoms. The van der Waals surface area contributed by atoms with Gasteiger partial charge in [0.05, 0.1) is 5.75 Å². The van der Waals surface area contributed by atoms with Gasteiger partial charge in [-0.3, -0.25) is 4.55 Å². The molecule has 0 bridgehead atoms. The van der Waals surface area contributed by atoms with E-state index in [0.29, 0.717) is 19.5 Å². The van der Waals surface area contributed by atoms with Gasteiger partial charge in [0, 0.05) is 24.8 Å². The Morgan fingerprint density at radius 2 is 2.06 bits per heavy atom. The molecule has 0 amide bonds. The first-order chi connectivity index (χ1) is 7.92. The molecule has 0 aliphatic carbocycles. The second-order valence-corrected chi connectivity index (χ2v) is 5.31. The van der Waals surface area contributed by atoms with Crippen LogP contribution in [0.2, 0.25) is 0 Å². The standard InChI is InChI=1S/C11H17NO4S/c1-2-12(7-4-8-17(14,15)16)10-5-3-6-11(13)9-10/h3,5-6,9,13H,2,4,7-8H2,1H3,(H,14,15,16). The molecular weight excluding hydrogens is 242 g/mol. The molecule has 1 aromatic carbocycles. The van der Waals surface area contributed by atoms with E-state index in [-0.39, 0.29) is 11.5 Å². The summed E-state index contributed by atoms with van der Waals surface area (Å²) in [5.41, 5.74) is 0.836. The molecule has 0 aliphatic heterocycles. The fourth-order valence-corrected chi connectivity index (χ4v) is 2.09. The highest BCUT2D eigenvalue weighted by atomic mass is 32.2. The Kier molecular flexibility index (Phi) is 4.77. The number of nitrogens with zero attached hydrogens (tertiary/aromatic N) is 1. The van der Waals surface area contributed by atoms with Crippen LogP contribution in [-0.4, -0.2) is 36.9 Å². The van der Waals surface area contributed by atoms with Gasteiger partial charge in [0.2, 0.25) is 0 Å². The highest BCUT2D eigenvalue weighted by Gasteiger charge is 2.08. The summed E-state index contributed by atoms with van der Waals surface area (Å²) < 4.78 is 29.8. The molecule has 0 aliphatic rings. The second kappa shape index (κ2) is 5.88. The summed E-state index contributed by atoms with van der Waals surface area (Å²) in [6.07, 6.45) is 0.350. The maximum atomic E-state index is 10.6. The van der Waals surface area contributed by atoms with Gasteiger partial charge in [-0.2, -0.15) is 8.42 Å². The third-order valence-electron chi connectivity index (χ3n) is 2.41. The number of hydrogen-bond acceptors (Lipinski definition) is 4. The summed E-state index contributed by atoms with van der Waals surface area (Å²) >= 11 is 0. The Balaban J connectivity index is 2.60. The predicted octanol–water partition coefficient (Wildman–Crippen LogP) is 1.50. The maximum absolute atomic E-state index is 10.6. The molecule has 0 fully saturated rings. The van der Waals surface area contributed by atoms with Gasteiger partial charge in [-0.15, -0.1) is 0 Å². The minimum atomic E-state index is -3.89. The Morgan fingerprint density at radius 3 is 2.59 bits per heavy atom. The van der Waals surface area contributed by atoms with Crippen LogP contribution in [0.25, 0.3) is 0 Å². The summed E-state index contributed by atoms with van der Waals surface area (Å²) in [6.45, 7) is 3.16. The van der Waals surface area contributed by atoms with Crippen LogP contribution in [0.15, 0.2) is 24.3 Å². The molecule has 1 rings (SSSR count). The van der Waals surface area contributed by atoms with Crippen molar-refractivity contribution in [1.82, 2.24) is 0 Å². The quantitative estimate of drug-likeness (QED) is 0.757. The van der Waals surface area contributed by atoms with Gasteiger partial charge < -0.3 is 10.0 Å². The minimum absolute atomic E-state index is 0.177. The number of phenolic OH excluding ortho intramolecular Hbond substituents is 1. The number of hydrogen-bond donors (Lipinski definition) is 2. The fourth-order valence-electron chi connectivity index (χ4n) is 1.60. The average molecular weight is 259 g/mol. The Bertz CT molecular complexity index is 458. The summed E-state index contributed by atoms with van der Waals surface area (Å²) in [4.78, 5) is 1.94. The van der Waals surface area contributed by atoms with Crippen LogP contribution in [0.5, 0.6) is 5.75 Å².